The number of amides is 3. The standard InChI is InChI=1S/C21H20N4O2/c22-21(27)23-18-11-7-10-17(14-18)20(26)24-25(19-12-5-2-6-13-19)15-16-8-3-1-4-9-16/h1-14H,15H2,(H,24,26)(H3,22,23,27). The summed E-state index contributed by atoms with van der Waals surface area (Å²) in [6, 6.07) is 25.4. The number of para-hydroxylation sites is 1. The molecule has 3 aromatic rings. The number of primary amides is 1. The van der Waals surface area contributed by atoms with Crippen molar-refractivity contribution in [3.05, 3.63) is 96.1 Å². The molecule has 6 nitrogen and oxygen atoms in total. The molecular formula is C21H20N4O2. The van der Waals surface area contributed by atoms with Crippen LogP contribution in [0.2, 0.25) is 0 Å². The van der Waals surface area contributed by atoms with Gasteiger partial charge in [-0.2, -0.15) is 0 Å². The van der Waals surface area contributed by atoms with Crippen LogP contribution in [0.1, 0.15) is 15.9 Å². The number of carbonyl (C=O) groups excluding carboxylic acids is 2. The van der Waals surface area contributed by atoms with E-state index < -0.39 is 6.03 Å². The van der Waals surface area contributed by atoms with Gasteiger partial charge in [0.1, 0.15) is 0 Å². The van der Waals surface area contributed by atoms with Gasteiger partial charge in [0.25, 0.3) is 5.91 Å². The minimum Gasteiger partial charge on any atom is -0.351 e. The Bertz CT molecular complexity index is 914. The van der Waals surface area contributed by atoms with Crippen LogP contribution in [0.3, 0.4) is 0 Å². The Hall–Kier alpha value is -3.80. The average molecular weight is 360 g/mol. The quantitative estimate of drug-likeness (QED) is 0.588. The maximum absolute atomic E-state index is 12.8. The highest BCUT2D eigenvalue weighted by Gasteiger charge is 2.13. The van der Waals surface area contributed by atoms with Crippen molar-refractivity contribution in [2.75, 3.05) is 10.3 Å². The number of urea groups is 1. The third-order valence-electron chi connectivity index (χ3n) is 3.88. The molecule has 0 saturated carbocycles. The minimum atomic E-state index is -0.678. The lowest BCUT2D eigenvalue weighted by molar-refractivity contribution is 0.0948. The Morgan fingerprint density at radius 3 is 2.19 bits per heavy atom. The molecule has 0 aromatic heterocycles. The third-order valence-corrected chi connectivity index (χ3v) is 3.88. The number of carbonyl (C=O) groups is 2. The van der Waals surface area contributed by atoms with Crippen molar-refractivity contribution in [2.24, 2.45) is 5.73 Å². The number of nitrogens with one attached hydrogen (secondary N) is 2. The summed E-state index contributed by atoms with van der Waals surface area (Å²) in [4.78, 5) is 23.8. The average Bonchev–Trinajstić information content (AvgIpc) is 2.68. The molecule has 27 heavy (non-hydrogen) atoms. The molecule has 0 aliphatic rings. The zero-order valence-electron chi connectivity index (χ0n) is 14.6. The second-order valence-corrected chi connectivity index (χ2v) is 5.92. The molecule has 0 saturated heterocycles. The predicted octanol–water partition coefficient (Wildman–Crippen LogP) is 3.53. The van der Waals surface area contributed by atoms with Crippen molar-refractivity contribution >= 4 is 23.3 Å². The van der Waals surface area contributed by atoms with Crippen LogP contribution < -0.4 is 21.5 Å². The van der Waals surface area contributed by atoms with Gasteiger partial charge < -0.3 is 11.1 Å². The summed E-state index contributed by atoms with van der Waals surface area (Å²) >= 11 is 0. The number of rotatable bonds is 6. The highest BCUT2D eigenvalue weighted by molar-refractivity contribution is 5.97. The fourth-order valence-electron chi connectivity index (χ4n) is 2.64. The number of nitrogens with zero attached hydrogens (tertiary/aromatic N) is 1. The number of nitrogens with two attached hydrogens (primary N) is 1. The normalized spacial score (nSPS) is 10.1. The van der Waals surface area contributed by atoms with Crippen LogP contribution in [0.25, 0.3) is 0 Å². The predicted molar refractivity (Wildman–Crippen MR) is 106 cm³/mol. The minimum absolute atomic E-state index is 0.289. The van der Waals surface area contributed by atoms with E-state index in [2.05, 4.69) is 10.7 Å². The molecule has 0 unspecified atom stereocenters. The number of anilines is 2. The molecule has 0 atom stereocenters. The van der Waals surface area contributed by atoms with Gasteiger partial charge in [-0.15, -0.1) is 0 Å². The zero-order chi connectivity index (χ0) is 19.1. The van der Waals surface area contributed by atoms with E-state index in [1.54, 1.807) is 29.3 Å². The Morgan fingerprint density at radius 1 is 0.852 bits per heavy atom. The summed E-state index contributed by atoms with van der Waals surface area (Å²) in [5.74, 6) is -0.289. The topological polar surface area (TPSA) is 87.5 Å². The van der Waals surface area contributed by atoms with Crippen molar-refractivity contribution in [1.82, 2.24) is 5.43 Å². The Balaban J connectivity index is 1.81. The van der Waals surface area contributed by atoms with Crippen LogP contribution >= 0.6 is 0 Å². The number of hydrogen-bond donors (Lipinski definition) is 3. The number of hydrogen-bond acceptors (Lipinski definition) is 3. The molecule has 0 bridgehead atoms. The van der Waals surface area contributed by atoms with Crippen LogP contribution in [-0.4, -0.2) is 11.9 Å². The van der Waals surface area contributed by atoms with E-state index in [0.717, 1.165) is 11.3 Å². The molecule has 0 radical (unpaired) electrons. The van der Waals surface area contributed by atoms with Crippen LogP contribution in [0.4, 0.5) is 16.2 Å². The summed E-state index contributed by atoms with van der Waals surface area (Å²) in [7, 11) is 0. The van der Waals surface area contributed by atoms with E-state index in [1.807, 2.05) is 60.7 Å². The molecule has 0 aliphatic heterocycles. The lowest BCUT2D eigenvalue weighted by atomic mass is 10.2. The third kappa shape index (κ3) is 5.09. The molecule has 3 aromatic carbocycles. The van der Waals surface area contributed by atoms with Gasteiger partial charge in [0, 0.05) is 11.3 Å². The van der Waals surface area contributed by atoms with Crippen LogP contribution in [0, 0.1) is 0 Å². The van der Waals surface area contributed by atoms with E-state index in [0.29, 0.717) is 17.8 Å². The SMILES string of the molecule is NC(=O)Nc1cccc(C(=O)NN(Cc2ccccc2)c2ccccc2)c1. The maximum atomic E-state index is 12.8. The fraction of sp³-hybridized carbons (Fsp3) is 0.0476. The first kappa shape index (κ1) is 18.0. The van der Waals surface area contributed by atoms with Gasteiger partial charge in [-0.25, -0.2) is 4.79 Å². The monoisotopic (exact) mass is 360 g/mol. The van der Waals surface area contributed by atoms with Crippen LogP contribution in [0.15, 0.2) is 84.9 Å². The summed E-state index contributed by atoms with van der Waals surface area (Å²) in [5, 5.41) is 4.25. The zero-order valence-corrected chi connectivity index (χ0v) is 14.6. The van der Waals surface area contributed by atoms with Gasteiger partial charge in [0.2, 0.25) is 0 Å². The van der Waals surface area contributed by atoms with Crippen molar-refractivity contribution in [1.29, 1.82) is 0 Å². The van der Waals surface area contributed by atoms with Gasteiger partial charge in [-0.3, -0.25) is 15.2 Å². The first-order valence-corrected chi connectivity index (χ1v) is 8.46. The highest BCUT2D eigenvalue weighted by Crippen LogP contribution is 2.16. The molecule has 0 heterocycles. The number of hydrazine groups is 1. The van der Waals surface area contributed by atoms with E-state index in [1.165, 1.54) is 0 Å². The van der Waals surface area contributed by atoms with Crippen LogP contribution in [0.5, 0.6) is 0 Å². The van der Waals surface area contributed by atoms with Crippen molar-refractivity contribution < 1.29 is 9.59 Å². The van der Waals surface area contributed by atoms with Crippen molar-refractivity contribution in [3.8, 4) is 0 Å². The first-order chi connectivity index (χ1) is 13.1. The molecule has 0 fully saturated rings. The van der Waals surface area contributed by atoms with Gasteiger partial charge in [0.05, 0.1) is 12.2 Å². The number of benzene rings is 3. The molecule has 6 heteroatoms. The van der Waals surface area contributed by atoms with Crippen molar-refractivity contribution in [3.63, 3.8) is 0 Å². The summed E-state index contributed by atoms with van der Waals surface area (Å²) in [6.07, 6.45) is 0. The smallest absolute Gasteiger partial charge is 0.316 e. The van der Waals surface area contributed by atoms with E-state index in [4.69, 9.17) is 5.73 Å². The second-order valence-electron chi connectivity index (χ2n) is 5.92. The molecule has 0 aliphatic carbocycles. The summed E-state index contributed by atoms with van der Waals surface area (Å²) < 4.78 is 0. The highest BCUT2D eigenvalue weighted by atomic mass is 16.2. The molecular weight excluding hydrogens is 340 g/mol. The largest absolute Gasteiger partial charge is 0.351 e. The lowest BCUT2D eigenvalue weighted by Crippen LogP contribution is -2.42. The summed E-state index contributed by atoms with van der Waals surface area (Å²) in [6.45, 7) is 0.510. The Labute approximate surface area is 157 Å². The molecule has 136 valence electrons. The molecule has 4 N–H and O–H groups in total. The van der Waals surface area contributed by atoms with Crippen molar-refractivity contribution in [2.45, 2.75) is 6.54 Å². The van der Waals surface area contributed by atoms with E-state index in [-0.39, 0.29) is 5.91 Å². The maximum Gasteiger partial charge on any atom is 0.316 e. The molecule has 3 amide bonds. The van der Waals surface area contributed by atoms with Crippen LogP contribution in [-0.2, 0) is 6.54 Å². The van der Waals surface area contributed by atoms with Gasteiger partial charge in [-0.1, -0.05) is 54.6 Å². The van der Waals surface area contributed by atoms with Gasteiger partial charge in [0.15, 0.2) is 0 Å². The summed E-state index contributed by atoms with van der Waals surface area (Å²) in [5.41, 5.74) is 10.9. The fourth-order valence-corrected chi connectivity index (χ4v) is 2.64. The first-order valence-electron chi connectivity index (χ1n) is 8.46. The molecule has 0 spiro atoms. The molecule has 3 rings (SSSR count). The van der Waals surface area contributed by atoms with E-state index in [9.17, 15) is 9.59 Å². The lowest BCUT2D eigenvalue weighted by Gasteiger charge is -2.25. The van der Waals surface area contributed by atoms with E-state index >= 15 is 0 Å². The second kappa shape index (κ2) is 8.53. The van der Waals surface area contributed by atoms with Gasteiger partial charge in [-0.05, 0) is 35.9 Å². The Kier molecular flexibility index (Phi) is 5.69. The Morgan fingerprint density at radius 2 is 1.52 bits per heavy atom. The van der Waals surface area contributed by atoms with Gasteiger partial charge >= 0.3 is 6.03 Å².